The van der Waals surface area contributed by atoms with E-state index in [9.17, 15) is 9.59 Å². The summed E-state index contributed by atoms with van der Waals surface area (Å²) in [5, 5.41) is 2.87. The van der Waals surface area contributed by atoms with Gasteiger partial charge in [0.2, 0.25) is 11.8 Å². The van der Waals surface area contributed by atoms with Gasteiger partial charge in [0, 0.05) is 32.7 Å². The molecule has 1 aromatic carbocycles. The van der Waals surface area contributed by atoms with Crippen LogP contribution in [0, 0.1) is 6.92 Å². The van der Waals surface area contributed by atoms with E-state index in [0.717, 1.165) is 12.1 Å². The molecule has 1 N–H and O–H groups in total. The Balaban J connectivity index is 2.08. The highest BCUT2D eigenvalue weighted by molar-refractivity contribution is 5.89. The number of rotatable bonds is 8. The van der Waals surface area contributed by atoms with Crippen molar-refractivity contribution in [1.29, 1.82) is 0 Å². The summed E-state index contributed by atoms with van der Waals surface area (Å²) in [4.78, 5) is 28.7. The maximum Gasteiger partial charge on any atom is 0.237 e. The lowest BCUT2D eigenvalue weighted by molar-refractivity contribution is -0.138. The van der Waals surface area contributed by atoms with E-state index in [2.05, 4.69) is 47.6 Å². The molecule has 1 fully saturated rings. The zero-order valence-corrected chi connectivity index (χ0v) is 14.9. The Hall–Kier alpha value is -2.40. The van der Waals surface area contributed by atoms with Gasteiger partial charge in [-0.05, 0) is 12.5 Å². The molecule has 5 heteroatoms. The second-order valence-electron chi connectivity index (χ2n) is 6.34. The monoisotopic (exact) mass is 341 g/mol. The average Bonchev–Trinajstić information content (AvgIpc) is 2.59. The largest absolute Gasteiger partial charge is 0.353 e. The minimum absolute atomic E-state index is 0.0595. The van der Waals surface area contributed by atoms with E-state index in [0.29, 0.717) is 26.2 Å². The Kier molecular flexibility index (Phi) is 6.95. The molecule has 0 aliphatic carbocycles. The molecule has 0 unspecified atom stereocenters. The van der Waals surface area contributed by atoms with Gasteiger partial charge in [0.1, 0.15) is 0 Å². The van der Waals surface area contributed by atoms with Crippen LogP contribution in [0.25, 0.3) is 0 Å². The fourth-order valence-electron chi connectivity index (χ4n) is 2.99. The van der Waals surface area contributed by atoms with Crippen LogP contribution in [0.3, 0.4) is 0 Å². The van der Waals surface area contributed by atoms with E-state index in [1.54, 1.807) is 17.1 Å². The van der Waals surface area contributed by atoms with Gasteiger partial charge in [-0.3, -0.25) is 14.5 Å². The number of amides is 2. The summed E-state index contributed by atoms with van der Waals surface area (Å²) in [7, 11) is 0. The first-order valence-corrected chi connectivity index (χ1v) is 8.62. The summed E-state index contributed by atoms with van der Waals surface area (Å²) in [5.74, 6) is -0.139. The Labute approximate surface area is 150 Å². The second-order valence-corrected chi connectivity index (χ2v) is 6.34. The highest BCUT2D eigenvalue weighted by Crippen LogP contribution is 2.15. The van der Waals surface area contributed by atoms with Gasteiger partial charge in [-0.1, -0.05) is 42.0 Å². The molecule has 1 aliphatic heterocycles. The van der Waals surface area contributed by atoms with Crippen molar-refractivity contribution in [3.05, 3.63) is 60.7 Å². The van der Waals surface area contributed by atoms with Crippen molar-refractivity contribution in [2.24, 2.45) is 0 Å². The third kappa shape index (κ3) is 5.29. The van der Waals surface area contributed by atoms with Crippen LogP contribution >= 0.6 is 0 Å². The van der Waals surface area contributed by atoms with Gasteiger partial charge in [-0.15, -0.1) is 13.2 Å². The zero-order chi connectivity index (χ0) is 18.2. The number of nitrogens with zero attached hydrogens (tertiary/aromatic N) is 2. The summed E-state index contributed by atoms with van der Waals surface area (Å²) in [6.07, 6.45) is 3.54. The fourth-order valence-corrected chi connectivity index (χ4v) is 2.99. The predicted molar refractivity (Wildman–Crippen MR) is 100.0 cm³/mol. The quantitative estimate of drug-likeness (QED) is 0.735. The number of nitrogens with one attached hydrogen (secondary N) is 1. The van der Waals surface area contributed by atoms with Crippen molar-refractivity contribution in [2.75, 3.05) is 26.2 Å². The van der Waals surface area contributed by atoms with Crippen LogP contribution in [0.4, 0.5) is 0 Å². The van der Waals surface area contributed by atoms with Crippen molar-refractivity contribution in [3.63, 3.8) is 0 Å². The van der Waals surface area contributed by atoms with Crippen molar-refractivity contribution >= 4 is 11.8 Å². The van der Waals surface area contributed by atoms with Crippen molar-refractivity contribution in [2.45, 2.75) is 25.9 Å². The van der Waals surface area contributed by atoms with Crippen molar-refractivity contribution in [3.8, 4) is 0 Å². The minimum Gasteiger partial charge on any atom is -0.353 e. The van der Waals surface area contributed by atoms with Crippen molar-refractivity contribution in [1.82, 2.24) is 15.1 Å². The normalized spacial score (nSPS) is 17.6. The molecular formula is C20H27N3O2. The second kappa shape index (κ2) is 9.18. The first kappa shape index (κ1) is 18.9. The third-order valence-electron chi connectivity index (χ3n) is 4.37. The summed E-state index contributed by atoms with van der Waals surface area (Å²) in [5.41, 5.74) is 2.35. The topological polar surface area (TPSA) is 52.7 Å². The van der Waals surface area contributed by atoms with Gasteiger partial charge in [-0.2, -0.15) is 0 Å². The fraction of sp³-hybridized carbons (Fsp3) is 0.400. The summed E-state index contributed by atoms with van der Waals surface area (Å²) < 4.78 is 0. The van der Waals surface area contributed by atoms with Crippen LogP contribution in [0.15, 0.2) is 49.6 Å². The molecule has 0 aromatic heterocycles. The molecule has 0 spiro atoms. The predicted octanol–water partition coefficient (Wildman–Crippen LogP) is 1.89. The zero-order valence-electron chi connectivity index (χ0n) is 14.9. The highest BCUT2D eigenvalue weighted by atomic mass is 16.2. The summed E-state index contributed by atoms with van der Waals surface area (Å²) >= 11 is 0. The summed E-state index contributed by atoms with van der Waals surface area (Å²) in [6.45, 7) is 12.3. The Morgan fingerprint density at radius 3 is 2.52 bits per heavy atom. The SMILES string of the molecule is C=CCN(CC=C)C(=O)C[C@@H]1C(=O)NCCN1Cc1ccc(C)cc1. The van der Waals surface area contributed by atoms with Crippen LogP contribution in [-0.4, -0.2) is 53.8 Å². The molecule has 5 nitrogen and oxygen atoms in total. The molecule has 25 heavy (non-hydrogen) atoms. The lowest BCUT2D eigenvalue weighted by Gasteiger charge is -2.35. The van der Waals surface area contributed by atoms with Crippen LogP contribution in [0.1, 0.15) is 17.5 Å². The summed E-state index contributed by atoms with van der Waals surface area (Å²) in [6, 6.07) is 7.83. The number of carbonyl (C=O) groups excluding carboxylic acids is 2. The Morgan fingerprint density at radius 1 is 1.28 bits per heavy atom. The van der Waals surface area contributed by atoms with E-state index in [1.165, 1.54) is 5.56 Å². The standard InChI is InChI=1S/C20H27N3O2/c1-4-11-22(12-5-2)19(24)14-18-20(25)21-10-13-23(18)15-17-8-6-16(3)7-9-17/h4-9,18H,1-2,10-15H2,3H3,(H,21,25)/t18-/m1/s1. The highest BCUT2D eigenvalue weighted by Gasteiger charge is 2.32. The third-order valence-corrected chi connectivity index (χ3v) is 4.37. The first-order chi connectivity index (χ1) is 12.0. The molecule has 0 saturated carbocycles. The van der Waals surface area contributed by atoms with Crippen molar-refractivity contribution < 1.29 is 9.59 Å². The minimum atomic E-state index is -0.445. The van der Waals surface area contributed by atoms with Crippen LogP contribution in [-0.2, 0) is 16.1 Å². The number of benzene rings is 1. The molecule has 2 rings (SSSR count). The van der Waals surface area contributed by atoms with Gasteiger partial charge < -0.3 is 10.2 Å². The molecular weight excluding hydrogens is 314 g/mol. The Morgan fingerprint density at radius 2 is 1.92 bits per heavy atom. The number of hydrogen-bond acceptors (Lipinski definition) is 3. The molecule has 2 amide bonds. The van der Waals surface area contributed by atoms with Crippen LogP contribution in [0.2, 0.25) is 0 Å². The molecule has 0 radical (unpaired) electrons. The van der Waals surface area contributed by atoms with E-state index >= 15 is 0 Å². The van der Waals surface area contributed by atoms with Gasteiger partial charge >= 0.3 is 0 Å². The van der Waals surface area contributed by atoms with E-state index in [4.69, 9.17) is 0 Å². The van der Waals surface area contributed by atoms with E-state index < -0.39 is 6.04 Å². The smallest absolute Gasteiger partial charge is 0.237 e. The molecule has 0 bridgehead atoms. The first-order valence-electron chi connectivity index (χ1n) is 8.62. The molecule has 134 valence electrons. The lowest BCUT2D eigenvalue weighted by Crippen LogP contribution is -2.56. The maximum absolute atomic E-state index is 12.6. The maximum atomic E-state index is 12.6. The van der Waals surface area contributed by atoms with Crippen LogP contribution < -0.4 is 5.32 Å². The molecule has 1 heterocycles. The van der Waals surface area contributed by atoms with Gasteiger partial charge in [-0.25, -0.2) is 0 Å². The van der Waals surface area contributed by atoms with Gasteiger partial charge in [0.05, 0.1) is 12.5 Å². The molecule has 1 aliphatic rings. The lowest BCUT2D eigenvalue weighted by atomic mass is 10.1. The molecule has 1 saturated heterocycles. The molecule has 1 aromatic rings. The Bertz CT molecular complexity index is 614. The van der Waals surface area contributed by atoms with Gasteiger partial charge in [0.25, 0.3) is 0 Å². The van der Waals surface area contributed by atoms with Gasteiger partial charge in [0.15, 0.2) is 0 Å². The number of hydrogen-bond donors (Lipinski definition) is 1. The average molecular weight is 341 g/mol. The molecule has 1 atom stereocenters. The van der Waals surface area contributed by atoms with Crippen LogP contribution in [0.5, 0.6) is 0 Å². The number of aryl methyl sites for hydroxylation is 1. The number of piperazine rings is 1. The number of carbonyl (C=O) groups is 2. The van der Waals surface area contributed by atoms with E-state index in [1.807, 2.05) is 6.92 Å². The van der Waals surface area contributed by atoms with E-state index in [-0.39, 0.29) is 18.2 Å².